The lowest BCUT2D eigenvalue weighted by atomic mass is 10.2. The molecule has 1 amide bonds. The summed E-state index contributed by atoms with van der Waals surface area (Å²) < 4.78 is 16.5. The molecular weight excluding hydrogens is 439 g/mol. The summed E-state index contributed by atoms with van der Waals surface area (Å²) in [7, 11) is 1.52. The molecule has 0 aliphatic heterocycles. The predicted octanol–water partition coefficient (Wildman–Crippen LogP) is 5.36. The number of nitrogens with one attached hydrogen (secondary N) is 1. The Hall–Kier alpha value is -2.15. The fourth-order valence-corrected chi connectivity index (χ4v) is 2.89. The van der Waals surface area contributed by atoms with E-state index >= 15 is 0 Å². The van der Waals surface area contributed by atoms with Crippen LogP contribution in [0.3, 0.4) is 0 Å². The minimum absolute atomic E-state index is 0.00523. The summed E-state index contributed by atoms with van der Waals surface area (Å²) in [5.74, 6) is 0.842. The van der Waals surface area contributed by atoms with Crippen molar-refractivity contribution in [1.82, 2.24) is 5.43 Å². The number of halogens is 3. The van der Waals surface area contributed by atoms with Crippen molar-refractivity contribution in [3.63, 3.8) is 0 Å². The van der Waals surface area contributed by atoms with Gasteiger partial charge in [-0.15, -0.1) is 0 Å². The molecular formula is C20H21Cl3N2O4. The van der Waals surface area contributed by atoms with Crippen molar-refractivity contribution in [3.8, 4) is 17.2 Å². The minimum Gasteiger partial charge on any atom is -0.493 e. The Bertz CT molecular complexity index is 890. The molecule has 0 saturated carbocycles. The lowest BCUT2D eigenvalue weighted by molar-refractivity contribution is -0.123. The van der Waals surface area contributed by atoms with E-state index in [1.54, 1.807) is 24.3 Å². The second-order valence-corrected chi connectivity index (χ2v) is 7.28. The van der Waals surface area contributed by atoms with Gasteiger partial charge >= 0.3 is 0 Å². The van der Waals surface area contributed by atoms with Crippen LogP contribution in [0.1, 0.15) is 25.8 Å². The third kappa shape index (κ3) is 6.99. The molecule has 0 radical (unpaired) electrons. The maximum Gasteiger partial charge on any atom is 0.277 e. The molecule has 2 rings (SSSR count). The highest BCUT2D eigenvalue weighted by molar-refractivity contribution is 6.35. The van der Waals surface area contributed by atoms with Crippen molar-refractivity contribution in [3.05, 3.63) is 51.0 Å². The molecule has 9 heteroatoms. The number of amides is 1. The van der Waals surface area contributed by atoms with E-state index in [9.17, 15) is 4.79 Å². The van der Waals surface area contributed by atoms with Crippen molar-refractivity contribution in [1.29, 1.82) is 0 Å². The van der Waals surface area contributed by atoms with Crippen LogP contribution in [-0.4, -0.2) is 31.9 Å². The molecule has 0 saturated heterocycles. The number of hydrogen-bond acceptors (Lipinski definition) is 5. The largest absolute Gasteiger partial charge is 0.493 e. The fraction of sp³-hybridized carbons (Fsp3) is 0.300. The van der Waals surface area contributed by atoms with Gasteiger partial charge in [-0.3, -0.25) is 4.79 Å². The van der Waals surface area contributed by atoms with E-state index in [2.05, 4.69) is 10.5 Å². The number of carbonyl (C=O) groups is 1. The third-order valence-electron chi connectivity index (χ3n) is 3.80. The summed E-state index contributed by atoms with van der Waals surface area (Å²) in [6.07, 6.45) is 2.27. The highest BCUT2D eigenvalue weighted by Crippen LogP contribution is 2.37. The Labute approximate surface area is 184 Å². The van der Waals surface area contributed by atoms with E-state index in [1.165, 1.54) is 19.4 Å². The molecule has 0 heterocycles. The number of ether oxygens (including phenoxy) is 3. The molecule has 1 unspecified atom stereocenters. The van der Waals surface area contributed by atoms with Crippen molar-refractivity contribution in [2.75, 3.05) is 13.7 Å². The lowest BCUT2D eigenvalue weighted by Gasteiger charge is -2.17. The van der Waals surface area contributed by atoms with Gasteiger partial charge in [-0.1, -0.05) is 41.7 Å². The first kappa shape index (κ1) is 23.1. The Morgan fingerprint density at radius 1 is 1.17 bits per heavy atom. The number of benzene rings is 2. The normalized spacial score (nSPS) is 11.9. The van der Waals surface area contributed by atoms with Crippen LogP contribution in [0.4, 0.5) is 0 Å². The molecule has 0 aliphatic rings. The van der Waals surface area contributed by atoms with Crippen molar-refractivity contribution >= 4 is 46.9 Å². The summed E-state index contributed by atoms with van der Waals surface area (Å²) in [5.41, 5.74) is 3.00. The molecule has 1 N–H and O–H groups in total. The molecule has 2 aromatic rings. The van der Waals surface area contributed by atoms with E-state index in [4.69, 9.17) is 49.0 Å². The van der Waals surface area contributed by atoms with Crippen LogP contribution in [0.2, 0.25) is 15.1 Å². The molecule has 2 aromatic carbocycles. The summed E-state index contributed by atoms with van der Waals surface area (Å²) >= 11 is 18.1. The SMILES string of the molecule is CCC(C)Oc1c(Cl)cc(C=NNC(=O)COc2ccc(Cl)cc2Cl)cc1OC. The average Bonchev–Trinajstić information content (AvgIpc) is 2.68. The summed E-state index contributed by atoms with van der Waals surface area (Å²) in [6, 6.07) is 8.11. The van der Waals surface area contributed by atoms with Gasteiger partial charge in [0.1, 0.15) is 5.75 Å². The van der Waals surface area contributed by atoms with Gasteiger partial charge in [0, 0.05) is 5.02 Å². The Kier molecular flexibility index (Phi) is 8.89. The maximum absolute atomic E-state index is 11.9. The lowest BCUT2D eigenvalue weighted by Crippen LogP contribution is -2.24. The van der Waals surface area contributed by atoms with Crippen LogP contribution in [0.25, 0.3) is 0 Å². The molecule has 29 heavy (non-hydrogen) atoms. The molecule has 0 spiro atoms. The van der Waals surface area contributed by atoms with E-state index in [0.717, 1.165) is 6.42 Å². The van der Waals surface area contributed by atoms with Gasteiger partial charge < -0.3 is 14.2 Å². The van der Waals surface area contributed by atoms with Crippen molar-refractivity contribution in [2.45, 2.75) is 26.4 Å². The molecule has 0 aromatic heterocycles. The van der Waals surface area contributed by atoms with Gasteiger partial charge in [0.2, 0.25) is 0 Å². The molecule has 1 atom stereocenters. The fourth-order valence-electron chi connectivity index (χ4n) is 2.16. The molecule has 156 valence electrons. The van der Waals surface area contributed by atoms with E-state index in [1.807, 2.05) is 13.8 Å². The number of nitrogens with zero attached hydrogens (tertiary/aromatic N) is 1. The minimum atomic E-state index is -0.456. The highest BCUT2D eigenvalue weighted by atomic mass is 35.5. The number of hydrazone groups is 1. The summed E-state index contributed by atoms with van der Waals surface area (Å²) in [5, 5.41) is 5.08. The van der Waals surface area contributed by atoms with Gasteiger partial charge in [-0.25, -0.2) is 5.43 Å². The van der Waals surface area contributed by atoms with Crippen molar-refractivity contribution in [2.24, 2.45) is 5.10 Å². The molecule has 0 bridgehead atoms. The second-order valence-electron chi connectivity index (χ2n) is 6.03. The second kappa shape index (κ2) is 11.1. The zero-order valence-electron chi connectivity index (χ0n) is 16.2. The maximum atomic E-state index is 11.9. The van der Waals surface area contributed by atoms with Gasteiger partial charge in [0.15, 0.2) is 18.1 Å². The first-order valence-corrected chi connectivity index (χ1v) is 9.91. The van der Waals surface area contributed by atoms with Crippen LogP contribution in [0, 0.1) is 0 Å². The van der Waals surface area contributed by atoms with Gasteiger partial charge in [-0.2, -0.15) is 5.10 Å². The number of hydrogen-bond donors (Lipinski definition) is 1. The summed E-state index contributed by atoms with van der Waals surface area (Å²) in [4.78, 5) is 11.9. The van der Waals surface area contributed by atoms with Crippen LogP contribution in [0.5, 0.6) is 17.2 Å². The zero-order valence-corrected chi connectivity index (χ0v) is 18.4. The van der Waals surface area contributed by atoms with Gasteiger partial charge in [0.05, 0.1) is 29.5 Å². The predicted molar refractivity (Wildman–Crippen MR) is 116 cm³/mol. The first-order chi connectivity index (χ1) is 13.8. The van der Waals surface area contributed by atoms with Crippen LogP contribution >= 0.6 is 34.8 Å². The highest BCUT2D eigenvalue weighted by Gasteiger charge is 2.14. The number of carbonyl (C=O) groups excluding carboxylic acids is 1. The zero-order chi connectivity index (χ0) is 21.4. The van der Waals surface area contributed by atoms with Crippen LogP contribution in [0.15, 0.2) is 35.4 Å². The third-order valence-corrected chi connectivity index (χ3v) is 4.61. The number of rotatable bonds is 9. The first-order valence-electron chi connectivity index (χ1n) is 8.78. The smallest absolute Gasteiger partial charge is 0.277 e. The van der Waals surface area contributed by atoms with Crippen LogP contribution in [-0.2, 0) is 4.79 Å². The molecule has 0 aliphatic carbocycles. The van der Waals surface area contributed by atoms with E-state index < -0.39 is 5.91 Å². The Morgan fingerprint density at radius 3 is 2.59 bits per heavy atom. The standard InChI is InChI=1S/C20H21Cl3N2O4/c1-4-12(2)29-20-16(23)7-13(8-18(20)27-3)10-24-25-19(26)11-28-17-6-5-14(21)9-15(17)22/h5-10,12H,4,11H2,1-3H3,(H,25,26). The van der Waals surface area contributed by atoms with Crippen LogP contribution < -0.4 is 19.6 Å². The summed E-state index contributed by atoms with van der Waals surface area (Å²) in [6.45, 7) is 3.70. The topological polar surface area (TPSA) is 69.2 Å². The molecule has 6 nitrogen and oxygen atoms in total. The molecule has 0 fully saturated rings. The van der Waals surface area contributed by atoms with E-state index in [-0.39, 0.29) is 12.7 Å². The van der Waals surface area contributed by atoms with Gasteiger partial charge in [0.25, 0.3) is 5.91 Å². The monoisotopic (exact) mass is 458 g/mol. The number of methoxy groups -OCH3 is 1. The quantitative estimate of drug-likeness (QED) is 0.405. The van der Waals surface area contributed by atoms with Gasteiger partial charge in [-0.05, 0) is 49.2 Å². The van der Waals surface area contributed by atoms with E-state index in [0.29, 0.717) is 37.9 Å². The Balaban J connectivity index is 1.96. The van der Waals surface area contributed by atoms with Crippen molar-refractivity contribution < 1.29 is 19.0 Å². The Morgan fingerprint density at radius 2 is 1.93 bits per heavy atom. The average molecular weight is 460 g/mol.